The first-order chi connectivity index (χ1) is 14.2. The summed E-state index contributed by atoms with van der Waals surface area (Å²) in [4.78, 5) is 17.0. The summed E-state index contributed by atoms with van der Waals surface area (Å²) in [5, 5.41) is 7.12. The third-order valence-corrected chi connectivity index (χ3v) is 5.90. The standard InChI is InChI=1S/C21H17FN4O2S/c1-28-19-12(22)6-4-8-15(19)25-17-16-14(9-10-23-21(16)27)24-18(17)20-11-5-2-3-7-13(11)26-29-20/h2-8,24-25H,9-10H2,1H3,(H,23,27). The first-order valence-corrected chi connectivity index (χ1v) is 9.92. The van der Waals surface area contributed by atoms with E-state index < -0.39 is 5.82 Å². The van der Waals surface area contributed by atoms with Crippen LogP contribution in [0.2, 0.25) is 0 Å². The van der Waals surface area contributed by atoms with Gasteiger partial charge in [0.1, 0.15) is 0 Å². The minimum absolute atomic E-state index is 0.0961. The van der Waals surface area contributed by atoms with E-state index in [1.807, 2.05) is 24.3 Å². The van der Waals surface area contributed by atoms with Crippen LogP contribution in [0.1, 0.15) is 16.1 Å². The van der Waals surface area contributed by atoms with Crippen LogP contribution in [-0.4, -0.2) is 28.9 Å². The number of hydrogen-bond acceptors (Lipinski definition) is 5. The molecule has 5 rings (SSSR count). The van der Waals surface area contributed by atoms with Gasteiger partial charge in [0, 0.05) is 24.0 Å². The Balaban J connectivity index is 1.73. The number of rotatable bonds is 4. The van der Waals surface area contributed by atoms with Crippen LogP contribution in [-0.2, 0) is 6.42 Å². The first-order valence-electron chi connectivity index (χ1n) is 9.14. The highest BCUT2D eigenvalue weighted by Crippen LogP contribution is 2.42. The molecule has 0 spiro atoms. The number of carbonyl (C=O) groups is 1. The highest BCUT2D eigenvalue weighted by atomic mass is 32.1. The van der Waals surface area contributed by atoms with Crippen molar-refractivity contribution in [1.29, 1.82) is 0 Å². The van der Waals surface area contributed by atoms with Gasteiger partial charge in [-0.2, -0.15) is 4.37 Å². The molecule has 8 heteroatoms. The third kappa shape index (κ3) is 2.84. The van der Waals surface area contributed by atoms with E-state index >= 15 is 0 Å². The van der Waals surface area contributed by atoms with Gasteiger partial charge in [-0.1, -0.05) is 24.3 Å². The molecule has 0 aliphatic carbocycles. The molecule has 3 heterocycles. The number of amides is 1. The smallest absolute Gasteiger partial charge is 0.255 e. The lowest BCUT2D eigenvalue weighted by Gasteiger charge is -2.16. The van der Waals surface area contributed by atoms with Crippen LogP contribution in [0.25, 0.3) is 21.5 Å². The van der Waals surface area contributed by atoms with Crippen LogP contribution >= 0.6 is 11.5 Å². The molecule has 1 aliphatic heterocycles. The van der Waals surface area contributed by atoms with Crippen molar-refractivity contribution in [2.45, 2.75) is 6.42 Å². The van der Waals surface area contributed by atoms with Gasteiger partial charge in [-0.15, -0.1) is 0 Å². The summed E-state index contributed by atoms with van der Waals surface area (Å²) in [6.45, 7) is 0.567. The third-order valence-electron chi connectivity index (χ3n) is 5.01. The second-order valence-corrected chi connectivity index (χ2v) is 7.48. The van der Waals surface area contributed by atoms with Gasteiger partial charge in [-0.25, -0.2) is 4.39 Å². The number of nitrogens with zero attached hydrogens (tertiary/aromatic N) is 1. The van der Waals surface area contributed by atoms with Crippen molar-refractivity contribution >= 4 is 39.7 Å². The van der Waals surface area contributed by atoms with E-state index in [-0.39, 0.29) is 11.7 Å². The molecule has 1 amide bonds. The Kier molecular flexibility index (Phi) is 4.21. The van der Waals surface area contributed by atoms with Crippen LogP contribution in [0.3, 0.4) is 0 Å². The molecule has 0 saturated heterocycles. The SMILES string of the molecule is COc1c(F)cccc1Nc1c(-c2snc3ccccc23)[nH]c2c1C(=O)NCC2. The number of halogens is 1. The molecule has 29 heavy (non-hydrogen) atoms. The van der Waals surface area contributed by atoms with Gasteiger partial charge in [-0.3, -0.25) is 4.79 Å². The Labute approximate surface area is 169 Å². The number of benzene rings is 2. The molecule has 0 saturated carbocycles. The van der Waals surface area contributed by atoms with Crippen molar-refractivity contribution in [2.75, 3.05) is 19.0 Å². The first kappa shape index (κ1) is 17.7. The highest BCUT2D eigenvalue weighted by Gasteiger charge is 2.29. The number of H-pyrrole nitrogens is 1. The van der Waals surface area contributed by atoms with Crippen LogP contribution < -0.4 is 15.4 Å². The van der Waals surface area contributed by atoms with Crippen molar-refractivity contribution < 1.29 is 13.9 Å². The van der Waals surface area contributed by atoms with E-state index in [9.17, 15) is 9.18 Å². The van der Waals surface area contributed by atoms with Gasteiger partial charge in [0.15, 0.2) is 11.6 Å². The van der Waals surface area contributed by atoms with Gasteiger partial charge < -0.3 is 20.4 Å². The average Bonchev–Trinajstić information content (AvgIpc) is 3.30. The Morgan fingerprint density at radius 3 is 2.93 bits per heavy atom. The fourth-order valence-electron chi connectivity index (χ4n) is 3.69. The van der Waals surface area contributed by atoms with Crippen molar-refractivity contribution in [1.82, 2.24) is 14.7 Å². The summed E-state index contributed by atoms with van der Waals surface area (Å²) in [5.74, 6) is -0.546. The second-order valence-electron chi connectivity index (χ2n) is 6.71. The largest absolute Gasteiger partial charge is 0.492 e. The quantitative estimate of drug-likeness (QED) is 0.466. The Bertz CT molecular complexity index is 1250. The molecule has 0 bridgehead atoms. The molecule has 3 N–H and O–H groups in total. The van der Waals surface area contributed by atoms with E-state index in [1.54, 1.807) is 12.1 Å². The van der Waals surface area contributed by atoms with Crippen molar-refractivity contribution in [2.24, 2.45) is 0 Å². The topological polar surface area (TPSA) is 79.0 Å². The predicted octanol–water partition coefficient (Wildman–Crippen LogP) is 4.47. The summed E-state index contributed by atoms with van der Waals surface area (Å²) in [5.41, 5.74) is 4.07. The molecule has 146 valence electrons. The summed E-state index contributed by atoms with van der Waals surface area (Å²) in [6, 6.07) is 12.5. The van der Waals surface area contributed by atoms with E-state index in [2.05, 4.69) is 20.0 Å². The number of aromatic amines is 1. The number of ether oxygens (including phenoxy) is 1. The molecule has 4 aromatic rings. The number of nitrogens with one attached hydrogen (secondary N) is 3. The maximum absolute atomic E-state index is 14.2. The number of methoxy groups -OCH3 is 1. The lowest BCUT2D eigenvalue weighted by molar-refractivity contribution is 0.0947. The Morgan fingerprint density at radius 2 is 2.07 bits per heavy atom. The number of carbonyl (C=O) groups excluding carboxylic acids is 1. The second kappa shape index (κ2) is 6.89. The minimum atomic E-state index is -0.476. The van der Waals surface area contributed by atoms with Gasteiger partial charge >= 0.3 is 0 Å². The molecule has 0 atom stereocenters. The van der Waals surface area contributed by atoms with Crippen molar-refractivity contribution in [3.05, 3.63) is 59.5 Å². The van der Waals surface area contributed by atoms with Gasteiger partial charge in [0.25, 0.3) is 5.91 Å². The highest BCUT2D eigenvalue weighted by molar-refractivity contribution is 7.11. The molecule has 1 aliphatic rings. The minimum Gasteiger partial charge on any atom is -0.492 e. The maximum atomic E-state index is 14.2. The number of anilines is 2. The normalized spacial score (nSPS) is 13.2. The lowest BCUT2D eigenvalue weighted by Crippen LogP contribution is -2.31. The zero-order valence-electron chi connectivity index (χ0n) is 15.5. The van der Waals surface area contributed by atoms with Gasteiger partial charge in [0.05, 0.1) is 40.1 Å². The molecule has 0 radical (unpaired) electrons. The summed E-state index contributed by atoms with van der Waals surface area (Å²) >= 11 is 1.36. The summed E-state index contributed by atoms with van der Waals surface area (Å²) in [6.07, 6.45) is 0.687. The molecule has 0 fully saturated rings. The van der Waals surface area contributed by atoms with E-state index in [0.29, 0.717) is 29.9 Å². The van der Waals surface area contributed by atoms with E-state index in [0.717, 1.165) is 27.2 Å². The van der Waals surface area contributed by atoms with E-state index in [1.165, 1.54) is 24.7 Å². The molecule has 0 unspecified atom stereocenters. The lowest BCUT2D eigenvalue weighted by atomic mass is 10.1. The fraction of sp³-hybridized carbons (Fsp3) is 0.143. The molecule has 6 nitrogen and oxygen atoms in total. The average molecular weight is 408 g/mol. The van der Waals surface area contributed by atoms with Crippen LogP contribution in [0.4, 0.5) is 15.8 Å². The molecule has 2 aromatic heterocycles. The van der Waals surface area contributed by atoms with Gasteiger partial charge in [-0.05, 0) is 29.7 Å². The number of para-hydroxylation sites is 1. The van der Waals surface area contributed by atoms with Crippen LogP contribution in [0.5, 0.6) is 5.75 Å². The van der Waals surface area contributed by atoms with Gasteiger partial charge in [0.2, 0.25) is 0 Å². The zero-order chi connectivity index (χ0) is 20.0. The molecule has 2 aromatic carbocycles. The summed E-state index contributed by atoms with van der Waals surface area (Å²) < 4.78 is 24.0. The monoisotopic (exact) mass is 408 g/mol. The summed E-state index contributed by atoms with van der Waals surface area (Å²) in [7, 11) is 1.42. The Morgan fingerprint density at radius 1 is 1.21 bits per heavy atom. The van der Waals surface area contributed by atoms with Crippen LogP contribution in [0.15, 0.2) is 42.5 Å². The van der Waals surface area contributed by atoms with Crippen molar-refractivity contribution in [3.8, 4) is 16.3 Å². The zero-order valence-corrected chi connectivity index (χ0v) is 16.3. The molecular weight excluding hydrogens is 391 g/mol. The number of hydrogen-bond donors (Lipinski definition) is 3. The fourth-order valence-corrected chi connectivity index (χ4v) is 4.56. The van der Waals surface area contributed by atoms with E-state index in [4.69, 9.17) is 4.74 Å². The van der Waals surface area contributed by atoms with Crippen molar-refractivity contribution in [3.63, 3.8) is 0 Å². The predicted molar refractivity (Wildman–Crippen MR) is 112 cm³/mol. The number of aromatic nitrogens is 2. The Hall–Kier alpha value is -3.39. The maximum Gasteiger partial charge on any atom is 0.255 e. The molecular formula is C21H17FN4O2S. The van der Waals surface area contributed by atoms with Crippen LogP contribution in [0, 0.1) is 5.82 Å². The number of fused-ring (bicyclic) bond motifs is 2.